The average molecular weight is 464 g/mol. The van der Waals surface area contributed by atoms with Crippen molar-refractivity contribution in [1.29, 1.82) is 0 Å². The predicted molar refractivity (Wildman–Crippen MR) is 123 cm³/mol. The Hall–Kier alpha value is -3.98. The van der Waals surface area contributed by atoms with Crippen LogP contribution in [-0.4, -0.2) is 51.9 Å². The fraction of sp³-hybridized carbons (Fsp3) is 0.174. The van der Waals surface area contributed by atoms with Crippen molar-refractivity contribution in [3.05, 3.63) is 81.6 Å². The van der Waals surface area contributed by atoms with Crippen LogP contribution in [0.5, 0.6) is 0 Å². The second-order valence-electron chi connectivity index (χ2n) is 7.60. The summed E-state index contributed by atoms with van der Waals surface area (Å²) in [7, 11) is 0. The van der Waals surface area contributed by atoms with Crippen LogP contribution < -0.4 is 4.90 Å². The number of hydrogen-bond donors (Lipinski definition) is 0. The molecule has 0 saturated carbocycles. The molecule has 33 heavy (non-hydrogen) atoms. The number of nitro benzene ring substituents is 1. The molecule has 1 aliphatic rings. The van der Waals surface area contributed by atoms with E-state index in [2.05, 4.69) is 9.88 Å². The summed E-state index contributed by atoms with van der Waals surface area (Å²) in [6, 6.07) is 14.9. The topological polar surface area (TPSA) is 106 Å². The minimum absolute atomic E-state index is 0.101. The van der Waals surface area contributed by atoms with Gasteiger partial charge in [0.05, 0.1) is 16.7 Å². The molecule has 1 saturated heterocycles. The van der Waals surface area contributed by atoms with Crippen molar-refractivity contribution in [1.82, 2.24) is 14.9 Å². The lowest BCUT2D eigenvalue weighted by Crippen LogP contribution is -2.49. The zero-order valence-corrected chi connectivity index (χ0v) is 18.1. The van der Waals surface area contributed by atoms with Crippen molar-refractivity contribution in [3.63, 3.8) is 0 Å². The van der Waals surface area contributed by atoms with Gasteiger partial charge in [-0.25, -0.2) is 9.97 Å². The Bertz CT molecular complexity index is 1350. The first-order valence-corrected chi connectivity index (χ1v) is 10.7. The van der Waals surface area contributed by atoms with Gasteiger partial charge in [0, 0.05) is 54.3 Å². The molecule has 1 aliphatic heterocycles. The second-order valence-corrected chi connectivity index (χ2v) is 8.03. The third-order valence-corrected chi connectivity index (χ3v) is 5.79. The van der Waals surface area contributed by atoms with E-state index in [0.29, 0.717) is 53.9 Å². The van der Waals surface area contributed by atoms with Gasteiger partial charge in [0.1, 0.15) is 5.82 Å². The van der Waals surface area contributed by atoms with Crippen LogP contribution in [0.2, 0.25) is 5.02 Å². The van der Waals surface area contributed by atoms with E-state index >= 15 is 0 Å². The van der Waals surface area contributed by atoms with E-state index in [1.54, 1.807) is 41.5 Å². The highest BCUT2D eigenvalue weighted by Gasteiger charge is 2.26. The lowest BCUT2D eigenvalue weighted by atomic mass is 10.1. The number of fused-ring (bicyclic) bond motifs is 1. The number of furan rings is 1. The van der Waals surface area contributed by atoms with Crippen LogP contribution in [0, 0.1) is 10.1 Å². The van der Waals surface area contributed by atoms with Crippen molar-refractivity contribution in [2.45, 2.75) is 0 Å². The molecule has 3 heterocycles. The standard InChI is InChI=1S/C23H18ClN5O4/c24-16-6-7-18-19(14-16)25-21(20-5-2-12-33-20)26-22(18)27-8-10-28(11-9-27)23(30)15-3-1-4-17(13-15)29(31)32/h1-7,12-14H,8-11H2. The molecule has 0 atom stereocenters. The lowest BCUT2D eigenvalue weighted by Gasteiger charge is -2.36. The quantitative estimate of drug-likeness (QED) is 0.326. The van der Waals surface area contributed by atoms with Gasteiger partial charge < -0.3 is 14.2 Å². The maximum absolute atomic E-state index is 12.9. The molecule has 9 nitrogen and oxygen atoms in total. The molecule has 166 valence electrons. The number of aromatic nitrogens is 2. The predicted octanol–water partition coefficient (Wildman–Crippen LogP) is 4.41. The van der Waals surface area contributed by atoms with Gasteiger partial charge in [-0.1, -0.05) is 17.7 Å². The summed E-state index contributed by atoms with van der Waals surface area (Å²) in [5.74, 6) is 1.52. The molecular formula is C23H18ClN5O4. The van der Waals surface area contributed by atoms with Crippen molar-refractivity contribution < 1.29 is 14.1 Å². The van der Waals surface area contributed by atoms with Crippen molar-refractivity contribution >= 4 is 39.9 Å². The first-order chi connectivity index (χ1) is 16.0. The summed E-state index contributed by atoms with van der Waals surface area (Å²) in [5, 5.41) is 12.5. The highest BCUT2D eigenvalue weighted by molar-refractivity contribution is 6.31. The zero-order chi connectivity index (χ0) is 22.9. The first-order valence-electron chi connectivity index (χ1n) is 10.3. The summed E-state index contributed by atoms with van der Waals surface area (Å²) >= 11 is 6.19. The van der Waals surface area contributed by atoms with Gasteiger partial charge in [0.2, 0.25) is 0 Å². The fourth-order valence-electron chi connectivity index (χ4n) is 3.90. The number of non-ortho nitro benzene ring substituents is 1. The lowest BCUT2D eigenvalue weighted by molar-refractivity contribution is -0.384. The Kier molecular flexibility index (Phi) is 5.39. The van der Waals surface area contributed by atoms with Crippen LogP contribution in [0.3, 0.4) is 0 Å². The van der Waals surface area contributed by atoms with Crippen LogP contribution in [0.1, 0.15) is 10.4 Å². The molecule has 5 rings (SSSR count). The molecular weight excluding hydrogens is 446 g/mol. The minimum atomic E-state index is -0.502. The van der Waals surface area contributed by atoms with E-state index in [9.17, 15) is 14.9 Å². The number of hydrogen-bond acceptors (Lipinski definition) is 7. The highest BCUT2D eigenvalue weighted by Crippen LogP contribution is 2.30. The molecule has 0 N–H and O–H groups in total. The largest absolute Gasteiger partial charge is 0.461 e. The molecule has 2 aromatic heterocycles. The van der Waals surface area contributed by atoms with Crippen LogP contribution in [-0.2, 0) is 0 Å². The van der Waals surface area contributed by atoms with Gasteiger partial charge in [0.15, 0.2) is 11.6 Å². The van der Waals surface area contributed by atoms with Crippen LogP contribution in [0.15, 0.2) is 65.3 Å². The normalized spacial score (nSPS) is 14.0. The molecule has 4 aromatic rings. The number of rotatable bonds is 4. The zero-order valence-electron chi connectivity index (χ0n) is 17.3. The number of piperazine rings is 1. The van der Waals surface area contributed by atoms with Crippen LogP contribution in [0.4, 0.5) is 11.5 Å². The summed E-state index contributed by atoms with van der Waals surface area (Å²) in [6.07, 6.45) is 1.57. The summed E-state index contributed by atoms with van der Waals surface area (Å²) < 4.78 is 5.49. The number of anilines is 1. The molecule has 2 aromatic carbocycles. The Balaban J connectivity index is 1.41. The summed E-state index contributed by atoms with van der Waals surface area (Å²) in [6.45, 7) is 2.01. The number of halogens is 1. The second kappa shape index (κ2) is 8.51. The van der Waals surface area contributed by atoms with Gasteiger partial charge >= 0.3 is 0 Å². The average Bonchev–Trinajstić information content (AvgIpc) is 3.38. The number of amides is 1. The Morgan fingerprint density at radius 3 is 2.58 bits per heavy atom. The molecule has 0 spiro atoms. The van der Waals surface area contributed by atoms with Gasteiger partial charge in [-0.3, -0.25) is 14.9 Å². The van der Waals surface area contributed by atoms with E-state index in [0.717, 1.165) is 11.2 Å². The van der Waals surface area contributed by atoms with Crippen LogP contribution >= 0.6 is 11.6 Å². The van der Waals surface area contributed by atoms with Gasteiger partial charge in [-0.05, 0) is 36.4 Å². The number of nitro groups is 1. The molecule has 0 unspecified atom stereocenters. The maximum atomic E-state index is 12.9. The van der Waals surface area contributed by atoms with Gasteiger partial charge in [-0.2, -0.15) is 0 Å². The third-order valence-electron chi connectivity index (χ3n) is 5.55. The first kappa shape index (κ1) is 20.9. The minimum Gasteiger partial charge on any atom is -0.461 e. The number of carbonyl (C=O) groups is 1. The van der Waals surface area contributed by atoms with E-state index in [-0.39, 0.29) is 11.6 Å². The van der Waals surface area contributed by atoms with Crippen molar-refractivity contribution in [3.8, 4) is 11.6 Å². The van der Waals surface area contributed by atoms with Crippen molar-refractivity contribution in [2.75, 3.05) is 31.1 Å². The number of carbonyl (C=O) groups excluding carboxylic acids is 1. The molecule has 1 amide bonds. The van der Waals surface area contributed by atoms with Crippen LogP contribution in [0.25, 0.3) is 22.5 Å². The smallest absolute Gasteiger partial charge is 0.270 e. The van der Waals surface area contributed by atoms with Gasteiger partial charge in [0.25, 0.3) is 11.6 Å². The van der Waals surface area contributed by atoms with Crippen molar-refractivity contribution in [2.24, 2.45) is 0 Å². The SMILES string of the molecule is O=C(c1cccc([N+](=O)[O-])c1)N1CCN(c2nc(-c3ccco3)nc3cc(Cl)ccc23)CC1. The summed E-state index contributed by atoms with van der Waals surface area (Å²) in [5.41, 5.74) is 0.907. The fourth-order valence-corrected chi connectivity index (χ4v) is 4.07. The molecule has 0 bridgehead atoms. The molecule has 1 fully saturated rings. The number of benzene rings is 2. The number of nitrogens with zero attached hydrogens (tertiary/aromatic N) is 5. The van der Waals surface area contributed by atoms with E-state index < -0.39 is 4.92 Å². The molecule has 0 radical (unpaired) electrons. The third kappa shape index (κ3) is 4.10. The Morgan fingerprint density at radius 1 is 1.03 bits per heavy atom. The molecule has 10 heteroatoms. The van der Waals surface area contributed by atoms with E-state index in [4.69, 9.17) is 21.0 Å². The Labute approximate surface area is 193 Å². The highest BCUT2D eigenvalue weighted by atomic mass is 35.5. The van der Waals surface area contributed by atoms with Gasteiger partial charge in [-0.15, -0.1) is 0 Å². The monoisotopic (exact) mass is 463 g/mol. The Morgan fingerprint density at radius 2 is 1.85 bits per heavy atom. The van der Waals surface area contributed by atoms with E-state index in [1.165, 1.54) is 18.2 Å². The van der Waals surface area contributed by atoms with E-state index in [1.807, 2.05) is 6.07 Å². The molecule has 0 aliphatic carbocycles. The maximum Gasteiger partial charge on any atom is 0.270 e. The summed E-state index contributed by atoms with van der Waals surface area (Å²) in [4.78, 5) is 36.6.